The van der Waals surface area contributed by atoms with Gasteiger partial charge in [0, 0.05) is 53.5 Å². The summed E-state index contributed by atoms with van der Waals surface area (Å²) in [5, 5.41) is 1.49. The van der Waals surface area contributed by atoms with Gasteiger partial charge in [0.05, 0.1) is 0 Å². The van der Waals surface area contributed by atoms with Crippen molar-refractivity contribution in [2.75, 3.05) is 7.05 Å². The van der Waals surface area contributed by atoms with Gasteiger partial charge in [-0.15, -0.1) is 0 Å². The van der Waals surface area contributed by atoms with Crippen LogP contribution in [0.2, 0.25) is 0 Å². The van der Waals surface area contributed by atoms with E-state index in [1.807, 2.05) is 13.1 Å². The lowest BCUT2D eigenvalue weighted by atomic mass is 9.97. The fourth-order valence-corrected chi connectivity index (χ4v) is 5.11. The third-order valence-corrected chi connectivity index (χ3v) is 6.57. The molecule has 134 valence electrons. The molecule has 2 aliphatic rings. The summed E-state index contributed by atoms with van der Waals surface area (Å²) in [5.41, 5.74) is 8.41. The molecule has 0 saturated carbocycles. The molecule has 1 aromatic carbocycles. The van der Waals surface area contributed by atoms with Crippen LogP contribution in [0, 0.1) is 13.8 Å². The summed E-state index contributed by atoms with van der Waals surface area (Å²) in [6.45, 7) is 5.31. The van der Waals surface area contributed by atoms with E-state index >= 15 is 0 Å². The summed E-state index contributed by atoms with van der Waals surface area (Å²) in [4.78, 5) is 7.09. The van der Waals surface area contributed by atoms with E-state index in [1.165, 1.54) is 41.3 Å². The van der Waals surface area contributed by atoms with Gasteiger partial charge in [0.15, 0.2) is 0 Å². The number of pyridine rings is 1. The zero-order valence-electron chi connectivity index (χ0n) is 16.0. The van der Waals surface area contributed by atoms with Gasteiger partial charge in [-0.2, -0.15) is 0 Å². The van der Waals surface area contributed by atoms with Crippen molar-refractivity contribution in [3.63, 3.8) is 0 Å². The highest BCUT2D eigenvalue weighted by atomic mass is 15.2. The average Bonchev–Trinajstić information content (AvgIpc) is 3.04. The summed E-state index contributed by atoms with van der Waals surface area (Å²) in [7, 11) is 2.32. The van der Waals surface area contributed by atoms with Gasteiger partial charge in [0.2, 0.25) is 0 Å². The maximum atomic E-state index is 4.47. The minimum atomic E-state index is 0.607. The average molecular weight is 345 g/mol. The first kappa shape index (κ1) is 16.1. The zero-order valence-corrected chi connectivity index (χ0v) is 16.0. The number of rotatable bonds is 3. The molecule has 2 aliphatic heterocycles. The van der Waals surface area contributed by atoms with Gasteiger partial charge in [-0.25, -0.2) is 0 Å². The van der Waals surface area contributed by atoms with Crippen LogP contribution in [0.25, 0.3) is 10.9 Å². The Morgan fingerprint density at radius 2 is 2.00 bits per heavy atom. The van der Waals surface area contributed by atoms with Gasteiger partial charge in [0.25, 0.3) is 0 Å². The van der Waals surface area contributed by atoms with Crippen LogP contribution in [-0.4, -0.2) is 27.5 Å². The van der Waals surface area contributed by atoms with E-state index in [1.54, 1.807) is 11.3 Å². The van der Waals surface area contributed by atoms with Crippen LogP contribution in [0.3, 0.4) is 0 Å². The van der Waals surface area contributed by atoms with Crippen molar-refractivity contribution in [2.45, 2.75) is 58.2 Å². The number of hydrogen-bond acceptors (Lipinski definition) is 2. The van der Waals surface area contributed by atoms with Crippen molar-refractivity contribution in [3.8, 4) is 0 Å². The largest absolute Gasteiger partial charge is 0.344 e. The van der Waals surface area contributed by atoms with E-state index in [9.17, 15) is 0 Å². The molecule has 5 rings (SSSR count). The van der Waals surface area contributed by atoms with Crippen LogP contribution in [0.15, 0.2) is 36.5 Å². The molecule has 2 unspecified atom stereocenters. The lowest BCUT2D eigenvalue weighted by molar-refractivity contribution is 0.222. The Labute approximate surface area is 155 Å². The molecule has 0 aliphatic carbocycles. The molecular formula is C23H27N3. The molecule has 26 heavy (non-hydrogen) atoms. The third kappa shape index (κ3) is 2.41. The quantitative estimate of drug-likeness (QED) is 0.692. The second kappa shape index (κ2) is 5.95. The van der Waals surface area contributed by atoms with Gasteiger partial charge in [-0.3, -0.25) is 9.88 Å². The van der Waals surface area contributed by atoms with Crippen LogP contribution in [0.4, 0.5) is 0 Å². The Kier molecular flexibility index (Phi) is 3.68. The molecule has 2 bridgehead atoms. The van der Waals surface area contributed by atoms with Crippen molar-refractivity contribution in [2.24, 2.45) is 0 Å². The van der Waals surface area contributed by atoms with Crippen molar-refractivity contribution < 1.29 is 0 Å². The Morgan fingerprint density at radius 3 is 2.81 bits per heavy atom. The summed E-state index contributed by atoms with van der Waals surface area (Å²) in [6, 6.07) is 12.7. The maximum absolute atomic E-state index is 4.47. The molecule has 0 amide bonds. The molecule has 2 aromatic heterocycles. The Bertz CT molecular complexity index is 967. The van der Waals surface area contributed by atoms with Crippen LogP contribution >= 0.6 is 0 Å². The van der Waals surface area contributed by atoms with E-state index in [-0.39, 0.29) is 0 Å². The molecule has 0 radical (unpaired) electrons. The number of nitrogens with zero attached hydrogens (tertiary/aromatic N) is 3. The predicted octanol–water partition coefficient (Wildman–Crippen LogP) is 4.59. The number of likely N-dealkylation sites (N-methyl/N-ethyl adjacent to an activating group) is 1. The number of hydrogen-bond donors (Lipinski definition) is 0. The highest BCUT2D eigenvalue weighted by Gasteiger charge is 2.40. The normalized spacial score (nSPS) is 22.1. The van der Waals surface area contributed by atoms with E-state index in [0.717, 1.165) is 24.7 Å². The summed E-state index contributed by atoms with van der Waals surface area (Å²) in [5.74, 6) is 0. The molecule has 1 fully saturated rings. The molecule has 3 heteroatoms. The minimum absolute atomic E-state index is 0.607. The standard InChI is InChI=1S/C23H27N3/c1-15-4-8-20-19(12-15)23-21-9-7-18(25(21)3)13-22(23)26(20)11-10-17-6-5-16(2)24-14-17/h4-6,8,12,14,18,21H,7,9-11,13H2,1-3H3. The molecule has 2 atom stereocenters. The topological polar surface area (TPSA) is 21.1 Å². The summed E-state index contributed by atoms with van der Waals surface area (Å²) >= 11 is 0. The van der Waals surface area contributed by atoms with Crippen LogP contribution < -0.4 is 0 Å². The molecular weight excluding hydrogens is 318 g/mol. The molecule has 0 N–H and O–H groups in total. The first-order chi connectivity index (χ1) is 12.6. The van der Waals surface area contributed by atoms with Gasteiger partial charge >= 0.3 is 0 Å². The maximum Gasteiger partial charge on any atom is 0.0486 e. The number of aromatic nitrogens is 2. The fourth-order valence-electron chi connectivity index (χ4n) is 5.11. The first-order valence-electron chi connectivity index (χ1n) is 9.87. The minimum Gasteiger partial charge on any atom is -0.344 e. The van der Waals surface area contributed by atoms with E-state index in [4.69, 9.17) is 0 Å². The van der Waals surface area contributed by atoms with Crippen LogP contribution in [0.1, 0.15) is 47.0 Å². The Balaban J connectivity index is 1.59. The van der Waals surface area contributed by atoms with Gasteiger partial charge in [-0.1, -0.05) is 17.7 Å². The highest BCUT2D eigenvalue weighted by molar-refractivity contribution is 5.87. The van der Waals surface area contributed by atoms with Crippen molar-refractivity contribution in [1.82, 2.24) is 14.5 Å². The predicted molar refractivity (Wildman–Crippen MR) is 107 cm³/mol. The van der Waals surface area contributed by atoms with E-state index in [2.05, 4.69) is 58.8 Å². The van der Waals surface area contributed by atoms with Crippen molar-refractivity contribution >= 4 is 10.9 Å². The molecule has 1 saturated heterocycles. The van der Waals surface area contributed by atoms with Crippen molar-refractivity contribution in [1.29, 1.82) is 0 Å². The first-order valence-corrected chi connectivity index (χ1v) is 9.87. The lowest BCUT2D eigenvalue weighted by Gasteiger charge is -2.32. The van der Waals surface area contributed by atoms with E-state index < -0.39 is 0 Å². The second-order valence-electron chi connectivity index (χ2n) is 8.21. The highest BCUT2D eigenvalue weighted by Crippen LogP contribution is 2.46. The molecule has 3 nitrogen and oxygen atoms in total. The summed E-state index contributed by atoms with van der Waals surface area (Å²) in [6.07, 6.45) is 6.92. The summed E-state index contributed by atoms with van der Waals surface area (Å²) < 4.78 is 2.61. The number of fused-ring (bicyclic) bond motifs is 6. The van der Waals surface area contributed by atoms with Gasteiger partial charge in [0.1, 0.15) is 0 Å². The third-order valence-electron chi connectivity index (χ3n) is 6.57. The Hall–Kier alpha value is -2.13. The molecule has 4 heterocycles. The van der Waals surface area contributed by atoms with E-state index in [0.29, 0.717) is 6.04 Å². The monoisotopic (exact) mass is 345 g/mol. The molecule has 0 spiro atoms. The smallest absolute Gasteiger partial charge is 0.0486 e. The van der Waals surface area contributed by atoms with Gasteiger partial charge < -0.3 is 4.57 Å². The SMILES string of the molecule is Cc1ccc2c(c1)c1c(n2CCc2ccc(C)nc2)CC2CCC1N2C. The van der Waals surface area contributed by atoms with Gasteiger partial charge in [-0.05, 0) is 69.5 Å². The van der Waals surface area contributed by atoms with Crippen LogP contribution in [0.5, 0.6) is 0 Å². The number of aryl methyl sites for hydroxylation is 4. The van der Waals surface area contributed by atoms with Crippen molar-refractivity contribution in [3.05, 3.63) is 64.6 Å². The second-order valence-corrected chi connectivity index (χ2v) is 8.21. The fraction of sp³-hybridized carbons (Fsp3) is 0.435. The Morgan fingerprint density at radius 1 is 1.12 bits per heavy atom. The number of benzene rings is 1. The molecule has 3 aromatic rings. The zero-order chi connectivity index (χ0) is 17.8. The van der Waals surface area contributed by atoms with Crippen LogP contribution in [-0.2, 0) is 19.4 Å². The lowest BCUT2D eigenvalue weighted by Crippen LogP contribution is -2.34.